The van der Waals surface area contributed by atoms with Gasteiger partial charge in [-0.25, -0.2) is 0 Å². The van der Waals surface area contributed by atoms with Crippen LogP contribution in [0.1, 0.15) is 42.3 Å². The molecule has 1 aliphatic rings. The van der Waals surface area contributed by atoms with E-state index in [1.807, 2.05) is 32.0 Å². The largest absolute Gasteiger partial charge is 0.322 e. The first-order valence-electron chi connectivity index (χ1n) is 5.36. The van der Waals surface area contributed by atoms with Crippen molar-refractivity contribution in [2.75, 3.05) is 0 Å². The van der Waals surface area contributed by atoms with Crippen molar-refractivity contribution in [1.29, 1.82) is 0 Å². The summed E-state index contributed by atoms with van der Waals surface area (Å²) in [6.45, 7) is 9.84. The number of fused-ring (bicyclic) bond motifs is 1. The van der Waals surface area contributed by atoms with Gasteiger partial charge in [-0.15, -0.1) is 0 Å². The summed E-state index contributed by atoms with van der Waals surface area (Å²) in [6.07, 6.45) is 0.951. The van der Waals surface area contributed by atoms with Gasteiger partial charge in [0.1, 0.15) is 0 Å². The Morgan fingerprint density at radius 1 is 1.27 bits per heavy atom. The van der Waals surface area contributed by atoms with Crippen LogP contribution in [-0.2, 0) is 6.42 Å². The lowest BCUT2D eigenvalue weighted by atomic mass is 10.0. The lowest BCUT2D eigenvalue weighted by Gasteiger charge is -1.99. The molecule has 0 radical (unpaired) electrons. The van der Waals surface area contributed by atoms with Gasteiger partial charge < -0.3 is 5.32 Å². The minimum Gasteiger partial charge on any atom is -0.322 e. The molecule has 0 unspecified atom stereocenters. The molecule has 0 spiro atoms. The number of amides is 1. The van der Waals surface area contributed by atoms with Gasteiger partial charge in [0, 0.05) is 16.8 Å². The van der Waals surface area contributed by atoms with Crippen LogP contribution in [0.15, 0.2) is 24.8 Å². The maximum Gasteiger partial charge on any atom is 0.256 e. The Hall–Kier alpha value is -1.57. The zero-order valence-electron chi connectivity index (χ0n) is 9.55. The first-order valence-corrected chi connectivity index (χ1v) is 5.36. The van der Waals surface area contributed by atoms with Crippen LogP contribution in [0.3, 0.4) is 0 Å². The summed E-state index contributed by atoms with van der Waals surface area (Å²) in [7, 11) is 0. The van der Waals surface area contributed by atoms with E-state index < -0.39 is 0 Å². The molecular formula is C13H17NO. The maximum atomic E-state index is 11.4. The van der Waals surface area contributed by atoms with Crippen LogP contribution < -0.4 is 5.32 Å². The quantitative estimate of drug-likeness (QED) is 0.747. The fraction of sp³-hybridized carbons (Fsp3) is 0.308. The number of benzene rings is 1. The Morgan fingerprint density at radius 3 is 2.53 bits per heavy atom. The van der Waals surface area contributed by atoms with E-state index in [1.165, 1.54) is 5.56 Å². The minimum absolute atomic E-state index is 0.0321. The average Bonchev–Trinajstić information content (AvgIpc) is 2.57. The SMILES string of the molecule is C=C1NC(=O)c2cc(CC)ccc21.CC. The second-order valence-electron chi connectivity index (χ2n) is 3.17. The first kappa shape index (κ1) is 11.5. The van der Waals surface area contributed by atoms with Gasteiger partial charge in [0.25, 0.3) is 5.91 Å². The van der Waals surface area contributed by atoms with Gasteiger partial charge in [-0.2, -0.15) is 0 Å². The topological polar surface area (TPSA) is 29.1 Å². The van der Waals surface area contributed by atoms with Crippen molar-refractivity contribution in [1.82, 2.24) is 5.32 Å². The zero-order chi connectivity index (χ0) is 11.4. The van der Waals surface area contributed by atoms with Crippen LogP contribution in [0, 0.1) is 0 Å². The molecule has 2 nitrogen and oxygen atoms in total. The van der Waals surface area contributed by atoms with Gasteiger partial charge in [0.05, 0.1) is 0 Å². The van der Waals surface area contributed by atoms with Crippen molar-refractivity contribution >= 4 is 11.6 Å². The summed E-state index contributed by atoms with van der Waals surface area (Å²) in [5.41, 5.74) is 3.58. The Balaban J connectivity index is 0.000000531. The summed E-state index contributed by atoms with van der Waals surface area (Å²) in [5, 5.41) is 2.70. The van der Waals surface area contributed by atoms with E-state index in [0.717, 1.165) is 17.5 Å². The Bertz CT molecular complexity index is 394. The number of nitrogens with one attached hydrogen (secondary N) is 1. The van der Waals surface area contributed by atoms with E-state index in [2.05, 4.69) is 18.8 Å². The van der Waals surface area contributed by atoms with E-state index in [0.29, 0.717) is 5.70 Å². The summed E-state index contributed by atoms with van der Waals surface area (Å²) in [6, 6.07) is 5.92. The molecule has 1 aliphatic heterocycles. The minimum atomic E-state index is -0.0321. The smallest absolute Gasteiger partial charge is 0.256 e. The van der Waals surface area contributed by atoms with E-state index in [4.69, 9.17) is 0 Å². The highest BCUT2D eigenvalue weighted by Gasteiger charge is 2.21. The molecule has 15 heavy (non-hydrogen) atoms. The summed E-state index contributed by atoms with van der Waals surface area (Å²) < 4.78 is 0. The van der Waals surface area contributed by atoms with Gasteiger partial charge in [-0.1, -0.05) is 39.5 Å². The molecule has 2 rings (SSSR count). The van der Waals surface area contributed by atoms with Gasteiger partial charge in [0.15, 0.2) is 0 Å². The molecule has 0 fully saturated rings. The molecule has 0 saturated heterocycles. The van der Waals surface area contributed by atoms with Crippen LogP contribution >= 0.6 is 0 Å². The monoisotopic (exact) mass is 203 g/mol. The van der Waals surface area contributed by atoms with Crippen molar-refractivity contribution < 1.29 is 4.79 Å². The van der Waals surface area contributed by atoms with Gasteiger partial charge >= 0.3 is 0 Å². The van der Waals surface area contributed by atoms with Gasteiger partial charge in [0.2, 0.25) is 0 Å². The van der Waals surface area contributed by atoms with E-state index in [9.17, 15) is 4.79 Å². The van der Waals surface area contributed by atoms with Gasteiger partial charge in [-0.3, -0.25) is 4.79 Å². The lowest BCUT2D eigenvalue weighted by Crippen LogP contribution is -2.11. The molecule has 0 bridgehead atoms. The fourth-order valence-corrected chi connectivity index (χ4v) is 1.53. The molecule has 0 atom stereocenters. The number of carbonyl (C=O) groups excluding carboxylic acids is 1. The van der Waals surface area contributed by atoms with Crippen molar-refractivity contribution in [2.24, 2.45) is 0 Å². The Labute approximate surface area is 91.0 Å². The molecule has 1 amide bonds. The molecule has 80 valence electrons. The number of carbonyl (C=O) groups is 1. The van der Waals surface area contributed by atoms with Crippen LogP contribution in [0.4, 0.5) is 0 Å². The van der Waals surface area contributed by atoms with Crippen molar-refractivity contribution in [3.63, 3.8) is 0 Å². The highest BCUT2D eigenvalue weighted by molar-refractivity contribution is 6.08. The van der Waals surface area contributed by atoms with E-state index in [1.54, 1.807) is 0 Å². The van der Waals surface area contributed by atoms with Crippen molar-refractivity contribution in [2.45, 2.75) is 27.2 Å². The highest BCUT2D eigenvalue weighted by atomic mass is 16.1. The molecule has 1 N–H and O–H groups in total. The Morgan fingerprint density at radius 2 is 1.93 bits per heavy atom. The summed E-state index contributed by atoms with van der Waals surface area (Å²) in [4.78, 5) is 11.4. The summed E-state index contributed by atoms with van der Waals surface area (Å²) >= 11 is 0. The molecule has 0 aromatic heterocycles. The maximum absolute atomic E-state index is 11.4. The molecule has 2 heteroatoms. The molecular weight excluding hydrogens is 186 g/mol. The first-order chi connectivity index (χ1) is 7.22. The number of rotatable bonds is 1. The normalized spacial score (nSPS) is 12.7. The lowest BCUT2D eigenvalue weighted by molar-refractivity contribution is 0.0981. The van der Waals surface area contributed by atoms with E-state index >= 15 is 0 Å². The third-order valence-electron chi connectivity index (χ3n) is 2.33. The third-order valence-corrected chi connectivity index (χ3v) is 2.33. The molecule has 0 saturated carbocycles. The number of hydrogen-bond acceptors (Lipinski definition) is 1. The van der Waals surface area contributed by atoms with Crippen molar-refractivity contribution in [3.05, 3.63) is 41.5 Å². The van der Waals surface area contributed by atoms with Crippen LogP contribution in [-0.4, -0.2) is 5.91 Å². The van der Waals surface area contributed by atoms with E-state index in [-0.39, 0.29) is 5.91 Å². The molecule has 0 aliphatic carbocycles. The number of aryl methyl sites for hydroxylation is 1. The summed E-state index contributed by atoms with van der Waals surface area (Å²) in [5.74, 6) is -0.0321. The third kappa shape index (κ3) is 2.09. The molecule has 1 aromatic rings. The number of hydrogen-bond donors (Lipinski definition) is 1. The Kier molecular flexibility index (Phi) is 3.67. The second kappa shape index (κ2) is 4.78. The zero-order valence-corrected chi connectivity index (χ0v) is 9.55. The standard InChI is InChI=1S/C11H11NO.C2H6/c1-3-8-4-5-9-7(2)12-11(13)10(9)6-8;1-2/h4-6H,2-3H2,1H3,(H,12,13);1-2H3. The average molecular weight is 203 g/mol. The van der Waals surface area contributed by atoms with Crippen molar-refractivity contribution in [3.8, 4) is 0 Å². The molecule has 1 heterocycles. The van der Waals surface area contributed by atoms with Crippen LogP contribution in [0.5, 0.6) is 0 Å². The fourth-order valence-electron chi connectivity index (χ4n) is 1.53. The molecule has 1 aromatic carbocycles. The van der Waals surface area contributed by atoms with Crippen LogP contribution in [0.2, 0.25) is 0 Å². The second-order valence-corrected chi connectivity index (χ2v) is 3.17. The van der Waals surface area contributed by atoms with Gasteiger partial charge in [-0.05, 0) is 18.1 Å². The predicted molar refractivity (Wildman–Crippen MR) is 63.7 cm³/mol. The van der Waals surface area contributed by atoms with Crippen LogP contribution in [0.25, 0.3) is 5.70 Å². The predicted octanol–water partition coefficient (Wildman–Crippen LogP) is 2.99. The highest BCUT2D eigenvalue weighted by Crippen LogP contribution is 2.23.